The summed E-state index contributed by atoms with van der Waals surface area (Å²) in [7, 11) is 5.60. The van der Waals surface area contributed by atoms with Gasteiger partial charge in [0.2, 0.25) is 0 Å². The monoisotopic (exact) mass is 418 g/mol. The molecule has 4 rings (SSSR count). The molecule has 29 heavy (non-hydrogen) atoms. The van der Waals surface area contributed by atoms with Crippen LogP contribution in [0.15, 0.2) is 35.6 Å². The lowest BCUT2D eigenvalue weighted by molar-refractivity contribution is -0.138. The quantitative estimate of drug-likeness (QED) is 0.735. The van der Waals surface area contributed by atoms with Crippen molar-refractivity contribution >= 4 is 23.3 Å². The molecule has 2 aliphatic heterocycles. The number of rotatable bonds is 5. The Morgan fingerprint density at radius 2 is 2.07 bits per heavy atom. The van der Waals surface area contributed by atoms with Gasteiger partial charge in [-0.1, -0.05) is 23.7 Å². The number of carbonyl (C=O) groups excluding carboxylic acids is 2. The topological polar surface area (TPSA) is 59.1 Å². The van der Waals surface area contributed by atoms with Gasteiger partial charge < -0.3 is 19.3 Å². The molecule has 4 atom stereocenters. The van der Waals surface area contributed by atoms with E-state index in [-0.39, 0.29) is 35.6 Å². The molecule has 0 bridgehead atoms. The highest BCUT2D eigenvalue weighted by Gasteiger charge is 2.52. The summed E-state index contributed by atoms with van der Waals surface area (Å²) in [4.78, 5) is 30.6. The van der Waals surface area contributed by atoms with Crippen LogP contribution in [0, 0.1) is 5.92 Å². The smallest absolute Gasteiger partial charge is 0.290 e. The molecule has 1 aromatic rings. The Morgan fingerprint density at radius 1 is 1.28 bits per heavy atom. The second kappa shape index (κ2) is 8.09. The fourth-order valence-electron chi connectivity index (χ4n) is 4.65. The molecule has 2 heterocycles. The second-order valence-electron chi connectivity index (χ2n) is 8.30. The van der Waals surface area contributed by atoms with Gasteiger partial charge >= 0.3 is 0 Å². The first-order valence-electron chi connectivity index (χ1n) is 10.1. The van der Waals surface area contributed by atoms with E-state index in [4.69, 9.17) is 21.1 Å². The van der Waals surface area contributed by atoms with E-state index < -0.39 is 6.04 Å². The number of hydrogen-bond acceptors (Lipinski definition) is 5. The molecule has 7 heteroatoms. The van der Waals surface area contributed by atoms with Crippen molar-refractivity contribution in [3.05, 3.63) is 46.2 Å². The highest BCUT2D eigenvalue weighted by atomic mass is 35.5. The van der Waals surface area contributed by atoms with Gasteiger partial charge in [0.15, 0.2) is 11.5 Å². The summed E-state index contributed by atoms with van der Waals surface area (Å²) >= 11 is 6.23. The van der Waals surface area contributed by atoms with Crippen LogP contribution < -0.4 is 0 Å². The van der Waals surface area contributed by atoms with Gasteiger partial charge in [0.25, 0.3) is 5.91 Å². The summed E-state index contributed by atoms with van der Waals surface area (Å²) < 4.78 is 11.7. The molecule has 0 saturated heterocycles. The van der Waals surface area contributed by atoms with Crippen molar-refractivity contribution in [2.45, 2.75) is 37.5 Å². The summed E-state index contributed by atoms with van der Waals surface area (Å²) in [5, 5.41) is 0.583. The van der Waals surface area contributed by atoms with Crippen molar-refractivity contribution in [1.82, 2.24) is 9.80 Å². The summed E-state index contributed by atoms with van der Waals surface area (Å²) in [6.07, 6.45) is 1.95. The predicted molar refractivity (Wildman–Crippen MR) is 110 cm³/mol. The molecule has 1 amide bonds. The van der Waals surface area contributed by atoms with Gasteiger partial charge in [0.1, 0.15) is 6.10 Å². The Balaban J connectivity index is 1.73. The predicted octanol–water partition coefficient (Wildman–Crippen LogP) is 2.82. The van der Waals surface area contributed by atoms with Gasteiger partial charge in [0, 0.05) is 31.6 Å². The van der Waals surface area contributed by atoms with E-state index >= 15 is 0 Å². The van der Waals surface area contributed by atoms with E-state index in [9.17, 15) is 9.59 Å². The van der Waals surface area contributed by atoms with E-state index in [2.05, 4.69) is 0 Å². The molecule has 0 radical (unpaired) electrons. The Morgan fingerprint density at radius 3 is 2.76 bits per heavy atom. The number of ketones is 1. The third kappa shape index (κ3) is 3.69. The van der Waals surface area contributed by atoms with Gasteiger partial charge in [-0.05, 0) is 44.6 Å². The molecule has 156 valence electrons. The Labute approximate surface area is 176 Å². The van der Waals surface area contributed by atoms with Crippen molar-refractivity contribution in [1.29, 1.82) is 0 Å². The average Bonchev–Trinajstić information content (AvgIpc) is 2.98. The maximum atomic E-state index is 13.5. The van der Waals surface area contributed by atoms with Crippen LogP contribution in [0.5, 0.6) is 0 Å². The minimum Gasteiger partial charge on any atom is -0.483 e. The van der Waals surface area contributed by atoms with Crippen LogP contribution in [-0.4, -0.2) is 68.0 Å². The lowest BCUT2D eigenvalue weighted by atomic mass is 9.76. The standard InChI is InChI=1S/C22H27ClN2O4/c1-24(2)9-10-25-19(13-5-4-6-14(23)11-13)18-20(26)16-8-7-15(28-3)12-17(16)29-21(18)22(25)27/h4-6,11,15-17,19H,7-10,12H2,1-3H3. The molecule has 1 aromatic carbocycles. The first-order valence-corrected chi connectivity index (χ1v) is 10.5. The van der Waals surface area contributed by atoms with Crippen LogP contribution in [0.4, 0.5) is 0 Å². The molecule has 0 N–H and O–H groups in total. The van der Waals surface area contributed by atoms with Gasteiger partial charge in [-0.3, -0.25) is 9.59 Å². The minimum atomic E-state index is -0.454. The zero-order chi connectivity index (χ0) is 20.7. The van der Waals surface area contributed by atoms with E-state index in [0.717, 1.165) is 12.0 Å². The normalized spacial score (nSPS) is 29.2. The van der Waals surface area contributed by atoms with Gasteiger partial charge in [0.05, 0.1) is 23.6 Å². The maximum Gasteiger partial charge on any atom is 0.290 e. The van der Waals surface area contributed by atoms with Crippen molar-refractivity contribution in [2.75, 3.05) is 34.3 Å². The lowest BCUT2D eigenvalue weighted by Gasteiger charge is -2.38. The number of halogens is 1. The fourth-order valence-corrected chi connectivity index (χ4v) is 4.85. The molecule has 0 spiro atoms. The van der Waals surface area contributed by atoms with Crippen molar-refractivity contribution in [3.8, 4) is 0 Å². The number of carbonyl (C=O) groups is 2. The first-order chi connectivity index (χ1) is 13.9. The van der Waals surface area contributed by atoms with E-state index in [1.807, 2.05) is 37.2 Å². The van der Waals surface area contributed by atoms with E-state index in [1.54, 1.807) is 18.1 Å². The number of Topliss-reactive ketones (excluding diaryl/α,β-unsaturated/α-hetero) is 1. The van der Waals surface area contributed by atoms with Gasteiger partial charge in [-0.15, -0.1) is 0 Å². The van der Waals surface area contributed by atoms with Crippen LogP contribution in [0.3, 0.4) is 0 Å². The molecule has 3 aliphatic rings. The third-order valence-corrected chi connectivity index (χ3v) is 6.42. The van der Waals surface area contributed by atoms with Crippen molar-refractivity contribution < 1.29 is 19.1 Å². The van der Waals surface area contributed by atoms with Crippen molar-refractivity contribution in [2.24, 2.45) is 5.92 Å². The molecular formula is C22H27ClN2O4. The molecule has 1 aliphatic carbocycles. The summed E-state index contributed by atoms with van der Waals surface area (Å²) in [5.74, 6) is -0.171. The summed E-state index contributed by atoms with van der Waals surface area (Å²) in [5.41, 5.74) is 1.34. The molecule has 1 fully saturated rings. The number of benzene rings is 1. The van der Waals surface area contributed by atoms with Gasteiger partial charge in [-0.2, -0.15) is 0 Å². The van der Waals surface area contributed by atoms with E-state index in [1.165, 1.54) is 0 Å². The molecule has 1 saturated carbocycles. The van der Waals surface area contributed by atoms with Gasteiger partial charge in [-0.25, -0.2) is 0 Å². The zero-order valence-electron chi connectivity index (χ0n) is 17.1. The molecular weight excluding hydrogens is 392 g/mol. The van der Waals surface area contributed by atoms with Crippen LogP contribution in [0.2, 0.25) is 5.02 Å². The number of amides is 1. The van der Waals surface area contributed by atoms with Crippen LogP contribution >= 0.6 is 11.6 Å². The maximum absolute atomic E-state index is 13.5. The van der Waals surface area contributed by atoms with Crippen LogP contribution in [0.1, 0.15) is 30.9 Å². The highest BCUT2D eigenvalue weighted by Crippen LogP contribution is 2.47. The number of methoxy groups -OCH3 is 1. The van der Waals surface area contributed by atoms with Crippen molar-refractivity contribution in [3.63, 3.8) is 0 Å². The van der Waals surface area contributed by atoms with E-state index in [0.29, 0.717) is 36.5 Å². The second-order valence-corrected chi connectivity index (χ2v) is 8.74. The number of fused-ring (bicyclic) bond motifs is 1. The summed E-state index contributed by atoms with van der Waals surface area (Å²) in [6, 6.07) is 6.95. The lowest BCUT2D eigenvalue weighted by Crippen LogP contribution is -2.43. The number of nitrogens with zero attached hydrogens (tertiary/aromatic N) is 2. The summed E-state index contributed by atoms with van der Waals surface area (Å²) in [6.45, 7) is 1.19. The Bertz CT molecular complexity index is 853. The molecule has 6 nitrogen and oxygen atoms in total. The van der Waals surface area contributed by atoms with Crippen LogP contribution in [0.25, 0.3) is 0 Å². The zero-order valence-corrected chi connectivity index (χ0v) is 17.8. The minimum absolute atomic E-state index is 0.0384. The third-order valence-electron chi connectivity index (χ3n) is 6.19. The average molecular weight is 419 g/mol. The first kappa shape index (κ1) is 20.4. The number of hydrogen-bond donors (Lipinski definition) is 0. The molecule has 4 unspecified atom stereocenters. The molecule has 0 aromatic heterocycles. The van der Waals surface area contributed by atoms with Crippen LogP contribution in [-0.2, 0) is 19.1 Å². The number of ether oxygens (including phenoxy) is 2. The SMILES string of the molecule is COC1CCC2C(=O)C3=C(OC2C1)C(=O)N(CCN(C)C)C3c1cccc(Cl)c1. The fraction of sp³-hybridized carbons (Fsp3) is 0.545. The Hall–Kier alpha value is -1.89. The largest absolute Gasteiger partial charge is 0.483 e. The Kier molecular flexibility index (Phi) is 5.69. The number of likely N-dealkylation sites (N-methyl/N-ethyl adjacent to an activating group) is 1. The highest BCUT2D eigenvalue weighted by molar-refractivity contribution is 6.30.